The molecular formula is C13H10BrN3. The van der Waals surface area contributed by atoms with Gasteiger partial charge in [-0.2, -0.15) is 5.26 Å². The maximum atomic E-state index is 8.78. The summed E-state index contributed by atoms with van der Waals surface area (Å²) in [5, 5.41) is 12.0. The fourth-order valence-corrected chi connectivity index (χ4v) is 1.81. The average molecular weight is 288 g/mol. The van der Waals surface area contributed by atoms with Crippen molar-refractivity contribution in [1.29, 1.82) is 5.26 Å². The highest BCUT2D eigenvalue weighted by atomic mass is 79.9. The zero-order chi connectivity index (χ0) is 12.3. The number of rotatable bonds is 2. The van der Waals surface area contributed by atoms with E-state index in [2.05, 4.69) is 26.2 Å². The Kier molecular flexibility index (Phi) is 3.40. The second-order valence-corrected chi connectivity index (χ2v) is 4.50. The smallest absolute Gasteiger partial charge is 0.142 e. The molecule has 1 heterocycles. The molecule has 4 heteroatoms. The van der Waals surface area contributed by atoms with Crippen LogP contribution < -0.4 is 5.32 Å². The Morgan fingerprint density at radius 2 is 2.12 bits per heavy atom. The molecule has 0 saturated heterocycles. The molecule has 0 aliphatic heterocycles. The molecule has 0 radical (unpaired) electrons. The molecule has 0 aliphatic rings. The first-order valence-corrected chi connectivity index (χ1v) is 5.87. The minimum Gasteiger partial charge on any atom is -0.354 e. The fraction of sp³-hybridized carbons (Fsp3) is 0.0769. The van der Waals surface area contributed by atoms with Crippen molar-refractivity contribution >= 4 is 27.3 Å². The Morgan fingerprint density at radius 3 is 2.88 bits per heavy atom. The Hall–Kier alpha value is -1.86. The number of pyridine rings is 1. The van der Waals surface area contributed by atoms with Gasteiger partial charge in [-0.15, -0.1) is 0 Å². The summed E-state index contributed by atoms with van der Waals surface area (Å²) >= 11 is 3.48. The molecule has 0 fully saturated rings. The van der Waals surface area contributed by atoms with E-state index in [1.54, 1.807) is 12.3 Å². The Morgan fingerprint density at radius 1 is 1.29 bits per heavy atom. The van der Waals surface area contributed by atoms with Gasteiger partial charge in [0.2, 0.25) is 0 Å². The summed E-state index contributed by atoms with van der Waals surface area (Å²) in [6, 6.07) is 11.6. The van der Waals surface area contributed by atoms with Gasteiger partial charge in [-0.3, -0.25) is 0 Å². The summed E-state index contributed by atoms with van der Waals surface area (Å²) in [6.07, 6.45) is 1.62. The van der Waals surface area contributed by atoms with E-state index in [0.717, 1.165) is 15.8 Å². The normalized spacial score (nSPS) is 9.71. The number of halogens is 1. The molecule has 0 unspecified atom stereocenters. The largest absolute Gasteiger partial charge is 0.354 e. The van der Waals surface area contributed by atoms with Gasteiger partial charge in [0.15, 0.2) is 0 Å². The standard InChI is InChI=1S/C13H10BrN3/c1-9-2-3-12(14)13(6-9)17-10-4-5-16-11(7-10)8-15/h2-7H,1H3,(H,16,17). The van der Waals surface area contributed by atoms with Crippen LogP contribution in [0.25, 0.3) is 0 Å². The molecule has 84 valence electrons. The van der Waals surface area contributed by atoms with Crippen LogP contribution in [0, 0.1) is 18.3 Å². The molecule has 17 heavy (non-hydrogen) atoms. The average Bonchev–Trinajstić information content (AvgIpc) is 2.34. The van der Waals surface area contributed by atoms with E-state index in [-0.39, 0.29) is 0 Å². The third-order valence-corrected chi connectivity index (χ3v) is 2.97. The number of hydrogen-bond acceptors (Lipinski definition) is 3. The summed E-state index contributed by atoms with van der Waals surface area (Å²) in [5.41, 5.74) is 3.40. The van der Waals surface area contributed by atoms with Crippen LogP contribution in [0.15, 0.2) is 41.0 Å². The van der Waals surface area contributed by atoms with Crippen molar-refractivity contribution in [3.05, 3.63) is 52.3 Å². The minimum atomic E-state index is 0.402. The Balaban J connectivity index is 2.31. The van der Waals surface area contributed by atoms with Crippen LogP contribution in [0.2, 0.25) is 0 Å². The van der Waals surface area contributed by atoms with E-state index in [4.69, 9.17) is 5.26 Å². The van der Waals surface area contributed by atoms with Gasteiger partial charge in [0.25, 0.3) is 0 Å². The number of nitriles is 1. The first kappa shape index (κ1) is 11.6. The van der Waals surface area contributed by atoms with Crippen LogP contribution in [0.5, 0.6) is 0 Å². The molecule has 0 amide bonds. The van der Waals surface area contributed by atoms with Gasteiger partial charge in [0, 0.05) is 16.4 Å². The minimum absolute atomic E-state index is 0.402. The van der Waals surface area contributed by atoms with Gasteiger partial charge in [-0.05, 0) is 52.7 Å². The maximum absolute atomic E-state index is 8.78. The highest BCUT2D eigenvalue weighted by molar-refractivity contribution is 9.10. The van der Waals surface area contributed by atoms with Gasteiger partial charge in [-0.1, -0.05) is 6.07 Å². The van der Waals surface area contributed by atoms with Crippen molar-refractivity contribution in [1.82, 2.24) is 4.98 Å². The molecule has 1 aromatic heterocycles. The maximum Gasteiger partial charge on any atom is 0.142 e. The van der Waals surface area contributed by atoms with E-state index in [1.165, 1.54) is 5.56 Å². The number of aromatic nitrogens is 1. The zero-order valence-electron chi connectivity index (χ0n) is 9.24. The molecule has 0 bridgehead atoms. The van der Waals surface area contributed by atoms with Crippen LogP contribution in [-0.2, 0) is 0 Å². The summed E-state index contributed by atoms with van der Waals surface area (Å²) < 4.78 is 0.985. The molecule has 0 aliphatic carbocycles. The molecule has 2 rings (SSSR count). The molecular weight excluding hydrogens is 278 g/mol. The van der Waals surface area contributed by atoms with E-state index in [0.29, 0.717) is 5.69 Å². The lowest BCUT2D eigenvalue weighted by atomic mass is 10.2. The van der Waals surface area contributed by atoms with Crippen LogP contribution >= 0.6 is 15.9 Å². The van der Waals surface area contributed by atoms with Gasteiger partial charge in [-0.25, -0.2) is 4.98 Å². The lowest BCUT2D eigenvalue weighted by molar-refractivity contribution is 1.26. The predicted octanol–water partition coefficient (Wildman–Crippen LogP) is 3.77. The van der Waals surface area contributed by atoms with Gasteiger partial charge >= 0.3 is 0 Å². The van der Waals surface area contributed by atoms with Gasteiger partial charge in [0.05, 0.1) is 5.69 Å². The first-order chi connectivity index (χ1) is 8.19. The molecule has 0 atom stereocenters. The zero-order valence-corrected chi connectivity index (χ0v) is 10.8. The number of anilines is 2. The monoisotopic (exact) mass is 287 g/mol. The second kappa shape index (κ2) is 4.98. The highest BCUT2D eigenvalue weighted by Gasteiger charge is 2.01. The SMILES string of the molecule is Cc1ccc(Br)c(Nc2ccnc(C#N)c2)c1. The van der Waals surface area contributed by atoms with E-state index in [9.17, 15) is 0 Å². The second-order valence-electron chi connectivity index (χ2n) is 3.65. The lowest BCUT2D eigenvalue weighted by Gasteiger charge is -2.09. The third kappa shape index (κ3) is 2.83. The summed E-state index contributed by atoms with van der Waals surface area (Å²) in [7, 11) is 0. The third-order valence-electron chi connectivity index (χ3n) is 2.28. The topological polar surface area (TPSA) is 48.7 Å². The fourth-order valence-electron chi connectivity index (χ4n) is 1.46. The van der Waals surface area contributed by atoms with Crippen LogP contribution in [0.3, 0.4) is 0 Å². The van der Waals surface area contributed by atoms with Crippen molar-refractivity contribution in [2.24, 2.45) is 0 Å². The summed E-state index contributed by atoms with van der Waals surface area (Å²) in [4.78, 5) is 3.93. The van der Waals surface area contributed by atoms with Gasteiger partial charge < -0.3 is 5.32 Å². The molecule has 1 aromatic carbocycles. The molecule has 0 spiro atoms. The van der Waals surface area contributed by atoms with Gasteiger partial charge in [0.1, 0.15) is 11.8 Å². The van der Waals surface area contributed by atoms with Crippen LogP contribution in [-0.4, -0.2) is 4.98 Å². The number of nitrogens with zero attached hydrogens (tertiary/aromatic N) is 2. The summed E-state index contributed by atoms with van der Waals surface area (Å²) in [5.74, 6) is 0. The van der Waals surface area contributed by atoms with Crippen LogP contribution in [0.4, 0.5) is 11.4 Å². The summed E-state index contributed by atoms with van der Waals surface area (Å²) in [6.45, 7) is 2.03. The van der Waals surface area contributed by atoms with Crippen LogP contribution in [0.1, 0.15) is 11.3 Å². The molecule has 1 N–H and O–H groups in total. The molecule has 2 aromatic rings. The lowest BCUT2D eigenvalue weighted by Crippen LogP contribution is -1.93. The van der Waals surface area contributed by atoms with E-state index >= 15 is 0 Å². The molecule has 3 nitrogen and oxygen atoms in total. The van der Waals surface area contributed by atoms with Crippen molar-refractivity contribution in [3.63, 3.8) is 0 Å². The first-order valence-electron chi connectivity index (χ1n) is 5.08. The Labute approximate surface area is 108 Å². The van der Waals surface area contributed by atoms with Crippen molar-refractivity contribution in [2.75, 3.05) is 5.32 Å². The Bertz CT molecular complexity index is 587. The van der Waals surface area contributed by atoms with E-state index < -0.39 is 0 Å². The quantitative estimate of drug-likeness (QED) is 0.915. The number of benzene rings is 1. The number of nitrogens with one attached hydrogen (secondary N) is 1. The van der Waals surface area contributed by atoms with Crippen molar-refractivity contribution in [3.8, 4) is 6.07 Å². The highest BCUT2D eigenvalue weighted by Crippen LogP contribution is 2.26. The number of aryl methyl sites for hydroxylation is 1. The number of hydrogen-bond donors (Lipinski definition) is 1. The predicted molar refractivity (Wildman–Crippen MR) is 71.1 cm³/mol. The van der Waals surface area contributed by atoms with Crippen molar-refractivity contribution < 1.29 is 0 Å². The van der Waals surface area contributed by atoms with Crippen molar-refractivity contribution in [2.45, 2.75) is 6.92 Å². The van der Waals surface area contributed by atoms with E-state index in [1.807, 2.05) is 37.3 Å². The molecule has 0 saturated carbocycles.